The minimum Gasteiger partial charge on any atom is -0.379 e. The molecular weight excluding hydrogens is 421 g/mol. The molecule has 1 saturated carbocycles. The van der Waals surface area contributed by atoms with Crippen LogP contribution in [-0.2, 0) is 14.2 Å². The smallest absolute Gasteiger partial charge is 0.191 e. The first-order valence-electron chi connectivity index (χ1n) is 8.83. The van der Waals surface area contributed by atoms with Crippen LogP contribution in [0, 0.1) is 11.3 Å². The van der Waals surface area contributed by atoms with Crippen LogP contribution >= 0.6 is 24.0 Å². The maximum atomic E-state index is 5.88. The number of ether oxygens (including phenoxy) is 3. The number of rotatable bonds is 5. The fourth-order valence-corrected chi connectivity index (χ4v) is 4.14. The first-order valence-corrected chi connectivity index (χ1v) is 8.83. The molecule has 3 aliphatic rings. The van der Waals surface area contributed by atoms with E-state index in [1.807, 2.05) is 7.05 Å². The van der Waals surface area contributed by atoms with E-state index in [0.29, 0.717) is 24.7 Å². The highest BCUT2D eigenvalue weighted by Gasteiger charge is 2.59. The van der Waals surface area contributed by atoms with E-state index >= 15 is 0 Å². The zero-order valence-electron chi connectivity index (χ0n) is 15.2. The summed E-state index contributed by atoms with van der Waals surface area (Å²) < 4.78 is 17.1. The van der Waals surface area contributed by atoms with Crippen LogP contribution < -0.4 is 10.6 Å². The van der Waals surface area contributed by atoms with Gasteiger partial charge in [0.1, 0.15) is 0 Å². The molecule has 3 rings (SSSR count). The maximum absolute atomic E-state index is 5.88. The summed E-state index contributed by atoms with van der Waals surface area (Å²) in [7, 11) is 1.82. The van der Waals surface area contributed by atoms with Crippen molar-refractivity contribution in [3.63, 3.8) is 0 Å². The van der Waals surface area contributed by atoms with Gasteiger partial charge in [-0.25, -0.2) is 0 Å². The Morgan fingerprint density at radius 2 is 2.12 bits per heavy atom. The van der Waals surface area contributed by atoms with Crippen molar-refractivity contribution in [3.05, 3.63) is 0 Å². The third-order valence-corrected chi connectivity index (χ3v) is 5.47. The average Bonchev–Trinajstić information content (AvgIpc) is 3.19. The lowest BCUT2D eigenvalue weighted by molar-refractivity contribution is -0.106. The first kappa shape index (κ1) is 20.2. The van der Waals surface area contributed by atoms with E-state index in [1.165, 1.54) is 0 Å². The van der Waals surface area contributed by atoms with Crippen molar-refractivity contribution in [3.8, 4) is 0 Å². The van der Waals surface area contributed by atoms with Gasteiger partial charge in [0.2, 0.25) is 0 Å². The van der Waals surface area contributed by atoms with Crippen LogP contribution in [-0.4, -0.2) is 63.7 Å². The third-order valence-electron chi connectivity index (χ3n) is 5.47. The molecule has 140 valence electrons. The molecule has 0 aromatic rings. The molecule has 6 nitrogen and oxygen atoms in total. The molecule has 2 aliphatic heterocycles. The first-order chi connectivity index (χ1) is 11.0. The molecule has 2 heterocycles. The highest BCUT2D eigenvalue weighted by molar-refractivity contribution is 14.0. The Bertz CT molecular complexity index is 441. The molecule has 5 atom stereocenters. The Hall–Kier alpha value is -0.120. The summed E-state index contributed by atoms with van der Waals surface area (Å²) in [4.78, 5) is 4.38. The van der Waals surface area contributed by atoms with Crippen LogP contribution in [0.25, 0.3) is 0 Å². The third kappa shape index (κ3) is 4.16. The van der Waals surface area contributed by atoms with Crippen LogP contribution in [0.3, 0.4) is 0 Å². The standard InChI is InChI=1S/C17H31N3O3.HI/c1-11(9-23-12-5-7-21-10-12)19-16(18-4)20-14-13-6-8-22-15(13)17(14,2)3;/h11-15H,5-10H2,1-4H3,(H2,18,19,20);1H. The minimum absolute atomic E-state index is 0. The van der Waals surface area contributed by atoms with Crippen molar-refractivity contribution < 1.29 is 14.2 Å². The van der Waals surface area contributed by atoms with Crippen molar-refractivity contribution in [2.75, 3.05) is 33.5 Å². The lowest BCUT2D eigenvalue weighted by Gasteiger charge is -2.55. The van der Waals surface area contributed by atoms with Crippen LogP contribution in [0.2, 0.25) is 0 Å². The molecule has 2 saturated heterocycles. The number of hydrogen-bond acceptors (Lipinski definition) is 4. The van der Waals surface area contributed by atoms with Crippen molar-refractivity contribution >= 4 is 29.9 Å². The van der Waals surface area contributed by atoms with Gasteiger partial charge in [-0.2, -0.15) is 0 Å². The molecule has 3 fully saturated rings. The van der Waals surface area contributed by atoms with Gasteiger partial charge in [0, 0.05) is 43.7 Å². The van der Waals surface area contributed by atoms with Crippen LogP contribution in [0.15, 0.2) is 4.99 Å². The van der Waals surface area contributed by atoms with Crippen molar-refractivity contribution in [1.29, 1.82) is 0 Å². The van der Waals surface area contributed by atoms with Gasteiger partial charge < -0.3 is 24.8 Å². The van der Waals surface area contributed by atoms with Gasteiger partial charge in [0.25, 0.3) is 0 Å². The number of aliphatic imine (C=N–C) groups is 1. The minimum atomic E-state index is 0. The summed E-state index contributed by atoms with van der Waals surface area (Å²) in [6.45, 7) is 9.76. The highest BCUT2D eigenvalue weighted by Crippen LogP contribution is 2.52. The average molecular weight is 453 g/mol. The van der Waals surface area contributed by atoms with Gasteiger partial charge in [-0.1, -0.05) is 13.8 Å². The predicted octanol–water partition coefficient (Wildman–Crippen LogP) is 1.78. The zero-order chi connectivity index (χ0) is 16.4. The van der Waals surface area contributed by atoms with Crippen LogP contribution in [0.1, 0.15) is 33.6 Å². The number of halogens is 1. The van der Waals surface area contributed by atoms with E-state index in [9.17, 15) is 0 Å². The van der Waals surface area contributed by atoms with E-state index in [1.54, 1.807) is 0 Å². The topological polar surface area (TPSA) is 64.1 Å². The summed E-state index contributed by atoms with van der Waals surface area (Å²) in [5.74, 6) is 1.46. The lowest BCUT2D eigenvalue weighted by Crippen LogP contribution is -2.68. The van der Waals surface area contributed by atoms with Gasteiger partial charge in [-0.15, -0.1) is 24.0 Å². The van der Waals surface area contributed by atoms with Gasteiger partial charge in [-0.05, 0) is 19.8 Å². The quantitative estimate of drug-likeness (QED) is 0.378. The maximum Gasteiger partial charge on any atom is 0.191 e. The Morgan fingerprint density at radius 3 is 2.79 bits per heavy atom. The molecule has 2 N–H and O–H groups in total. The van der Waals surface area contributed by atoms with Crippen molar-refractivity contribution in [1.82, 2.24) is 10.6 Å². The summed E-state index contributed by atoms with van der Waals surface area (Å²) in [6.07, 6.45) is 2.78. The fourth-order valence-electron chi connectivity index (χ4n) is 4.14. The molecule has 0 radical (unpaired) electrons. The monoisotopic (exact) mass is 453 g/mol. The summed E-state index contributed by atoms with van der Waals surface area (Å²) in [5.41, 5.74) is 0.152. The molecule has 0 aromatic carbocycles. The molecule has 0 spiro atoms. The number of fused-ring (bicyclic) bond motifs is 1. The molecule has 1 aliphatic carbocycles. The molecule has 0 aromatic heterocycles. The summed E-state index contributed by atoms with van der Waals surface area (Å²) in [5, 5.41) is 7.04. The van der Waals surface area contributed by atoms with Crippen molar-refractivity contribution in [2.24, 2.45) is 16.3 Å². The Balaban J connectivity index is 0.00000208. The van der Waals surface area contributed by atoms with Crippen molar-refractivity contribution in [2.45, 2.75) is 57.9 Å². The Morgan fingerprint density at radius 1 is 1.33 bits per heavy atom. The van der Waals surface area contributed by atoms with Gasteiger partial charge in [0.15, 0.2) is 5.96 Å². The van der Waals surface area contributed by atoms with Gasteiger partial charge in [0.05, 0.1) is 25.4 Å². The zero-order valence-corrected chi connectivity index (χ0v) is 17.5. The molecule has 7 heteroatoms. The Kier molecular flexibility index (Phi) is 7.16. The van der Waals surface area contributed by atoms with E-state index in [4.69, 9.17) is 14.2 Å². The number of nitrogens with one attached hydrogen (secondary N) is 2. The van der Waals surface area contributed by atoms with E-state index < -0.39 is 0 Å². The summed E-state index contributed by atoms with van der Waals surface area (Å²) >= 11 is 0. The second-order valence-electron chi connectivity index (χ2n) is 7.62. The SMILES string of the molecule is CN=C(NC(C)COC1CCOC1)NC1C2CCOC2C1(C)C.I. The predicted molar refractivity (Wildman–Crippen MR) is 105 cm³/mol. The number of nitrogens with zero attached hydrogens (tertiary/aromatic N) is 1. The second kappa shape index (κ2) is 8.51. The van der Waals surface area contributed by atoms with Crippen LogP contribution in [0.4, 0.5) is 0 Å². The van der Waals surface area contributed by atoms with Crippen LogP contribution in [0.5, 0.6) is 0 Å². The largest absolute Gasteiger partial charge is 0.379 e. The number of hydrogen-bond donors (Lipinski definition) is 2. The second-order valence-corrected chi connectivity index (χ2v) is 7.62. The molecule has 24 heavy (non-hydrogen) atoms. The highest BCUT2D eigenvalue weighted by atomic mass is 127. The molecule has 0 bridgehead atoms. The number of guanidine groups is 1. The Labute approximate surface area is 162 Å². The van der Waals surface area contributed by atoms with Gasteiger partial charge in [-0.3, -0.25) is 4.99 Å². The fraction of sp³-hybridized carbons (Fsp3) is 0.941. The normalized spacial score (nSPS) is 35.6. The van der Waals surface area contributed by atoms with E-state index in [0.717, 1.165) is 38.6 Å². The lowest BCUT2D eigenvalue weighted by atomic mass is 9.57. The molecule has 0 amide bonds. The van der Waals surface area contributed by atoms with E-state index in [-0.39, 0.29) is 41.5 Å². The molecular formula is C17H32IN3O3. The molecule has 5 unspecified atom stereocenters. The van der Waals surface area contributed by atoms with Gasteiger partial charge >= 0.3 is 0 Å². The van der Waals surface area contributed by atoms with E-state index in [2.05, 4.69) is 36.4 Å². The summed E-state index contributed by atoms with van der Waals surface area (Å²) in [6, 6.07) is 0.623.